The zero-order valence-corrected chi connectivity index (χ0v) is 12.3. The molecule has 6 nitrogen and oxygen atoms in total. The maximum Gasteiger partial charge on any atom is 0.411 e. The van der Waals surface area contributed by atoms with Crippen LogP contribution in [0.1, 0.15) is 46.5 Å². The first-order valence-electron chi connectivity index (χ1n) is 7.10. The predicted molar refractivity (Wildman–Crippen MR) is 71.5 cm³/mol. The average Bonchev–Trinajstić information content (AvgIpc) is 3.12. The van der Waals surface area contributed by atoms with Gasteiger partial charge in [-0.2, -0.15) is 0 Å². The SMILES string of the molecule is CC(C)(C)OC(=O)N(C1CC1)C1(C(=O)O)CCCOC1. The van der Waals surface area contributed by atoms with Crippen molar-refractivity contribution in [2.45, 2.75) is 63.6 Å². The fraction of sp³-hybridized carbons (Fsp3) is 0.857. The summed E-state index contributed by atoms with van der Waals surface area (Å²) in [7, 11) is 0. The second-order valence-electron chi connectivity index (χ2n) is 6.57. The Labute approximate surface area is 119 Å². The molecule has 1 aliphatic carbocycles. The summed E-state index contributed by atoms with van der Waals surface area (Å²) >= 11 is 0. The van der Waals surface area contributed by atoms with E-state index in [-0.39, 0.29) is 12.6 Å². The van der Waals surface area contributed by atoms with Gasteiger partial charge in [-0.1, -0.05) is 0 Å². The lowest BCUT2D eigenvalue weighted by Crippen LogP contribution is -2.63. The van der Waals surface area contributed by atoms with E-state index >= 15 is 0 Å². The third kappa shape index (κ3) is 3.06. The normalized spacial score (nSPS) is 26.9. The summed E-state index contributed by atoms with van der Waals surface area (Å²) in [6.45, 7) is 5.92. The van der Waals surface area contributed by atoms with Gasteiger partial charge in [0.25, 0.3) is 0 Å². The van der Waals surface area contributed by atoms with Crippen LogP contribution in [0.15, 0.2) is 0 Å². The van der Waals surface area contributed by atoms with Gasteiger partial charge in [0.1, 0.15) is 5.60 Å². The number of amides is 1. The molecule has 0 aromatic rings. The van der Waals surface area contributed by atoms with Crippen molar-refractivity contribution in [3.05, 3.63) is 0 Å². The molecule has 1 amide bonds. The molecular formula is C14H23NO5. The Kier molecular flexibility index (Phi) is 3.95. The highest BCUT2D eigenvalue weighted by Gasteiger charge is 2.54. The predicted octanol–water partition coefficient (Wildman–Crippen LogP) is 2.02. The van der Waals surface area contributed by atoms with Crippen LogP contribution < -0.4 is 0 Å². The Morgan fingerprint density at radius 2 is 2.00 bits per heavy atom. The minimum atomic E-state index is -1.28. The van der Waals surface area contributed by atoms with Crippen molar-refractivity contribution >= 4 is 12.1 Å². The molecule has 2 aliphatic rings. The molecule has 1 unspecified atom stereocenters. The number of hydrogen-bond donors (Lipinski definition) is 1. The van der Waals surface area contributed by atoms with Crippen LogP contribution in [0.4, 0.5) is 4.79 Å². The van der Waals surface area contributed by atoms with Crippen molar-refractivity contribution in [3.8, 4) is 0 Å². The van der Waals surface area contributed by atoms with Crippen LogP contribution >= 0.6 is 0 Å². The van der Waals surface area contributed by atoms with Gasteiger partial charge in [-0.05, 0) is 46.5 Å². The molecule has 114 valence electrons. The number of carboxylic acids is 1. The van der Waals surface area contributed by atoms with Crippen LogP contribution in [-0.4, -0.2) is 52.5 Å². The first-order chi connectivity index (χ1) is 9.26. The zero-order chi connectivity index (χ0) is 15.0. The summed E-state index contributed by atoms with van der Waals surface area (Å²) in [6, 6.07) is -0.0392. The highest BCUT2D eigenvalue weighted by atomic mass is 16.6. The highest BCUT2D eigenvalue weighted by molar-refractivity contribution is 5.85. The fourth-order valence-electron chi connectivity index (χ4n) is 2.56. The van der Waals surface area contributed by atoms with E-state index in [0.717, 1.165) is 12.8 Å². The third-order valence-corrected chi connectivity index (χ3v) is 3.58. The van der Waals surface area contributed by atoms with E-state index in [1.54, 1.807) is 20.8 Å². The number of carbonyl (C=O) groups is 2. The second kappa shape index (κ2) is 5.24. The minimum absolute atomic E-state index is 0.0392. The quantitative estimate of drug-likeness (QED) is 0.858. The molecule has 0 spiro atoms. The van der Waals surface area contributed by atoms with Crippen LogP contribution in [0.2, 0.25) is 0 Å². The highest BCUT2D eigenvalue weighted by Crippen LogP contribution is 2.38. The summed E-state index contributed by atoms with van der Waals surface area (Å²) < 4.78 is 10.8. The largest absolute Gasteiger partial charge is 0.479 e. The smallest absolute Gasteiger partial charge is 0.411 e. The Bertz CT molecular complexity index is 391. The van der Waals surface area contributed by atoms with Crippen LogP contribution in [0, 0.1) is 0 Å². The summed E-state index contributed by atoms with van der Waals surface area (Å²) in [5.41, 5.74) is -1.92. The van der Waals surface area contributed by atoms with Crippen molar-refractivity contribution in [1.29, 1.82) is 0 Å². The Morgan fingerprint density at radius 3 is 2.40 bits per heavy atom. The second-order valence-corrected chi connectivity index (χ2v) is 6.57. The number of rotatable bonds is 3. The standard InChI is InChI=1S/C14H23NO5/c1-13(2,3)20-12(18)15(10-5-6-10)14(11(16)17)7-4-8-19-9-14/h10H,4-9H2,1-3H3,(H,16,17). The zero-order valence-electron chi connectivity index (χ0n) is 12.3. The monoisotopic (exact) mass is 285 g/mol. The third-order valence-electron chi connectivity index (χ3n) is 3.58. The van der Waals surface area contributed by atoms with Gasteiger partial charge in [0, 0.05) is 12.6 Å². The topological polar surface area (TPSA) is 76.1 Å². The Hall–Kier alpha value is -1.30. The lowest BCUT2D eigenvalue weighted by atomic mass is 9.90. The number of hydrogen-bond acceptors (Lipinski definition) is 4. The van der Waals surface area contributed by atoms with Crippen LogP contribution in [-0.2, 0) is 14.3 Å². The molecule has 20 heavy (non-hydrogen) atoms. The van der Waals surface area contributed by atoms with E-state index in [1.165, 1.54) is 4.90 Å². The van der Waals surface area contributed by atoms with Crippen molar-refractivity contribution < 1.29 is 24.2 Å². The van der Waals surface area contributed by atoms with Crippen molar-refractivity contribution in [2.75, 3.05) is 13.2 Å². The van der Waals surface area contributed by atoms with E-state index in [1.807, 2.05) is 0 Å². The van der Waals surface area contributed by atoms with E-state index in [4.69, 9.17) is 9.47 Å². The summed E-state index contributed by atoms with van der Waals surface area (Å²) in [5, 5.41) is 9.65. The minimum Gasteiger partial charge on any atom is -0.479 e. The van der Waals surface area contributed by atoms with Gasteiger partial charge in [0.05, 0.1) is 6.61 Å². The molecule has 2 fully saturated rings. The lowest BCUT2D eigenvalue weighted by Gasteiger charge is -2.43. The van der Waals surface area contributed by atoms with Crippen molar-refractivity contribution in [3.63, 3.8) is 0 Å². The first-order valence-corrected chi connectivity index (χ1v) is 7.10. The van der Waals surface area contributed by atoms with E-state index < -0.39 is 23.2 Å². The van der Waals surface area contributed by atoms with Gasteiger partial charge in [-0.25, -0.2) is 9.59 Å². The molecule has 6 heteroatoms. The van der Waals surface area contributed by atoms with Crippen molar-refractivity contribution in [1.82, 2.24) is 4.90 Å². The molecule has 1 atom stereocenters. The first kappa shape index (κ1) is 15.1. The molecular weight excluding hydrogens is 262 g/mol. The molecule has 0 bridgehead atoms. The number of ether oxygens (including phenoxy) is 2. The maximum absolute atomic E-state index is 12.4. The van der Waals surface area contributed by atoms with Gasteiger partial charge >= 0.3 is 12.1 Å². The maximum atomic E-state index is 12.4. The molecule has 1 saturated carbocycles. The lowest BCUT2D eigenvalue weighted by molar-refractivity contribution is -0.161. The van der Waals surface area contributed by atoms with E-state index in [9.17, 15) is 14.7 Å². The number of carboxylic acid groups (broad SMARTS) is 1. The molecule has 1 heterocycles. The van der Waals surface area contributed by atoms with Crippen LogP contribution in [0.3, 0.4) is 0 Å². The van der Waals surface area contributed by atoms with E-state index in [0.29, 0.717) is 19.4 Å². The average molecular weight is 285 g/mol. The van der Waals surface area contributed by atoms with Gasteiger partial charge in [-0.15, -0.1) is 0 Å². The number of aliphatic carboxylic acids is 1. The summed E-state index contributed by atoms with van der Waals surface area (Å²) in [5.74, 6) is -1.00. The Morgan fingerprint density at radius 1 is 1.35 bits per heavy atom. The van der Waals surface area contributed by atoms with Gasteiger partial charge in [0.2, 0.25) is 0 Å². The summed E-state index contributed by atoms with van der Waals surface area (Å²) in [6.07, 6.45) is 2.16. The molecule has 1 aliphatic heterocycles. The van der Waals surface area contributed by atoms with Crippen LogP contribution in [0.25, 0.3) is 0 Å². The fourth-order valence-corrected chi connectivity index (χ4v) is 2.56. The number of nitrogens with zero attached hydrogens (tertiary/aromatic N) is 1. The summed E-state index contributed by atoms with van der Waals surface area (Å²) in [4.78, 5) is 25.6. The van der Waals surface area contributed by atoms with Gasteiger partial charge in [-0.3, -0.25) is 4.90 Å². The van der Waals surface area contributed by atoms with E-state index in [2.05, 4.69) is 0 Å². The van der Waals surface area contributed by atoms with Gasteiger partial charge < -0.3 is 14.6 Å². The Balaban J connectivity index is 2.25. The molecule has 2 rings (SSSR count). The van der Waals surface area contributed by atoms with Crippen LogP contribution in [0.5, 0.6) is 0 Å². The van der Waals surface area contributed by atoms with Crippen molar-refractivity contribution in [2.24, 2.45) is 0 Å². The van der Waals surface area contributed by atoms with Gasteiger partial charge in [0.15, 0.2) is 5.54 Å². The molecule has 1 N–H and O–H groups in total. The number of carbonyl (C=O) groups excluding carboxylic acids is 1. The molecule has 0 aromatic carbocycles. The molecule has 1 saturated heterocycles. The molecule has 0 radical (unpaired) electrons. The molecule has 0 aromatic heterocycles.